The van der Waals surface area contributed by atoms with Gasteiger partial charge in [0.05, 0.1) is 12.6 Å². The second-order valence-corrected chi connectivity index (χ2v) is 5.53. The average Bonchev–Trinajstić information content (AvgIpc) is 2.21. The molecule has 0 atom stereocenters. The molecule has 0 radical (unpaired) electrons. The number of allylic oxidation sites excluding steroid dienone is 1. The molecule has 1 aliphatic rings. The van der Waals surface area contributed by atoms with Gasteiger partial charge in [0.15, 0.2) is 0 Å². The molecular formula is C13H21NO3. The second-order valence-electron chi connectivity index (χ2n) is 5.53. The predicted molar refractivity (Wildman–Crippen MR) is 65.6 cm³/mol. The minimum atomic E-state index is -0.447. The number of hydroxylamine groups is 2. The molecule has 0 aliphatic carbocycles. The number of esters is 1. The molecule has 0 fully saturated rings. The lowest BCUT2D eigenvalue weighted by Gasteiger charge is -2.46. The number of ether oxygens (including phenoxy) is 1. The Hall–Kier alpha value is -1.13. The molecular weight excluding hydrogens is 218 g/mol. The van der Waals surface area contributed by atoms with E-state index in [9.17, 15) is 10.0 Å². The van der Waals surface area contributed by atoms with Crippen molar-refractivity contribution in [1.29, 1.82) is 0 Å². The normalized spacial score (nSPS) is 23.5. The van der Waals surface area contributed by atoms with Crippen LogP contribution in [0.1, 0.15) is 34.1 Å². The van der Waals surface area contributed by atoms with E-state index in [1.807, 2.05) is 33.8 Å². The summed E-state index contributed by atoms with van der Waals surface area (Å²) in [5.41, 5.74) is 0.224. The van der Waals surface area contributed by atoms with E-state index in [-0.39, 0.29) is 11.5 Å². The van der Waals surface area contributed by atoms with Crippen LogP contribution in [-0.4, -0.2) is 34.4 Å². The Morgan fingerprint density at radius 3 is 2.53 bits per heavy atom. The van der Waals surface area contributed by atoms with Crippen LogP contribution in [0.3, 0.4) is 0 Å². The van der Waals surface area contributed by atoms with E-state index in [0.717, 1.165) is 5.57 Å². The highest BCUT2D eigenvalue weighted by atomic mass is 16.5. The summed E-state index contributed by atoms with van der Waals surface area (Å²) in [5, 5.41) is 11.4. The molecule has 0 saturated carbocycles. The van der Waals surface area contributed by atoms with Gasteiger partial charge in [-0.15, -0.1) is 0 Å². The number of methoxy groups -OCH3 is 1. The van der Waals surface area contributed by atoms with Crippen LogP contribution in [0.2, 0.25) is 0 Å². The van der Waals surface area contributed by atoms with Crippen LogP contribution in [0.15, 0.2) is 23.8 Å². The Morgan fingerprint density at radius 1 is 1.47 bits per heavy atom. The highest BCUT2D eigenvalue weighted by Crippen LogP contribution is 2.35. The molecule has 0 aromatic carbocycles. The Bertz CT molecular complexity index is 367. The average molecular weight is 239 g/mol. The molecule has 1 N–H and O–H groups in total. The van der Waals surface area contributed by atoms with E-state index in [0.29, 0.717) is 6.42 Å². The van der Waals surface area contributed by atoms with Crippen LogP contribution in [-0.2, 0) is 9.53 Å². The van der Waals surface area contributed by atoms with Crippen molar-refractivity contribution in [3.05, 3.63) is 23.8 Å². The van der Waals surface area contributed by atoms with Crippen molar-refractivity contribution >= 4 is 5.97 Å². The lowest BCUT2D eigenvalue weighted by Crippen LogP contribution is -2.55. The summed E-state index contributed by atoms with van der Waals surface area (Å²) in [5.74, 6) is -0.368. The summed E-state index contributed by atoms with van der Waals surface area (Å²) < 4.78 is 4.55. The van der Waals surface area contributed by atoms with Gasteiger partial charge in [-0.05, 0) is 39.7 Å². The summed E-state index contributed by atoms with van der Waals surface area (Å²) in [7, 11) is 1.35. The predicted octanol–water partition coefficient (Wildman–Crippen LogP) is 2.29. The van der Waals surface area contributed by atoms with Crippen molar-refractivity contribution in [2.45, 2.75) is 45.2 Å². The van der Waals surface area contributed by atoms with Crippen LogP contribution >= 0.6 is 0 Å². The highest BCUT2D eigenvalue weighted by Gasteiger charge is 2.39. The lowest BCUT2D eigenvalue weighted by molar-refractivity contribution is -0.213. The van der Waals surface area contributed by atoms with E-state index in [1.54, 1.807) is 6.08 Å². The van der Waals surface area contributed by atoms with E-state index < -0.39 is 5.54 Å². The van der Waals surface area contributed by atoms with Crippen LogP contribution in [0.25, 0.3) is 0 Å². The Morgan fingerprint density at radius 2 is 2.06 bits per heavy atom. The van der Waals surface area contributed by atoms with Gasteiger partial charge in [-0.1, -0.05) is 12.2 Å². The van der Waals surface area contributed by atoms with Gasteiger partial charge < -0.3 is 9.94 Å². The van der Waals surface area contributed by atoms with Gasteiger partial charge >= 0.3 is 5.97 Å². The van der Waals surface area contributed by atoms with Gasteiger partial charge in [0.1, 0.15) is 0 Å². The fourth-order valence-corrected chi connectivity index (χ4v) is 2.27. The maximum absolute atomic E-state index is 11.0. The van der Waals surface area contributed by atoms with Crippen molar-refractivity contribution in [1.82, 2.24) is 5.06 Å². The van der Waals surface area contributed by atoms with E-state index >= 15 is 0 Å². The van der Waals surface area contributed by atoms with Gasteiger partial charge in [-0.2, -0.15) is 5.06 Å². The molecule has 0 aromatic rings. The molecule has 0 aromatic heterocycles. The first-order chi connectivity index (χ1) is 7.69. The highest BCUT2D eigenvalue weighted by molar-refractivity contribution is 5.82. The van der Waals surface area contributed by atoms with Crippen molar-refractivity contribution in [2.24, 2.45) is 0 Å². The monoisotopic (exact) mass is 239 g/mol. The minimum Gasteiger partial charge on any atom is -0.466 e. The minimum absolute atomic E-state index is 0.353. The number of rotatable bonds is 2. The molecule has 96 valence electrons. The number of carbonyl (C=O) groups is 1. The fourth-order valence-electron chi connectivity index (χ4n) is 2.27. The zero-order valence-corrected chi connectivity index (χ0v) is 11.2. The molecule has 17 heavy (non-hydrogen) atoms. The molecule has 4 nitrogen and oxygen atoms in total. The summed E-state index contributed by atoms with van der Waals surface area (Å²) in [6, 6.07) is 0. The Kier molecular flexibility index (Phi) is 3.79. The first kappa shape index (κ1) is 13.9. The first-order valence-corrected chi connectivity index (χ1v) is 5.66. The SMILES string of the molecule is COC(=O)/C=C/C1=CC(C)(C)N(O)C(C)(C)C1. The standard InChI is InChI=1S/C13H21NO3/c1-12(2)8-10(6-7-11(15)17-5)9-13(3,4)14(12)16/h6-8,16H,9H2,1-5H3/b7-6+. The fraction of sp³-hybridized carbons (Fsp3) is 0.615. The number of hydrogen-bond donors (Lipinski definition) is 1. The number of nitrogens with zero attached hydrogens (tertiary/aromatic N) is 1. The van der Waals surface area contributed by atoms with Gasteiger partial charge in [-0.3, -0.25) is 0 Å². The number of carbonyl (C=O) groups excluding carboxylic acids is 1. The molecule has 0 bridgehead atoms. The van der Waals surface area contributed by atoms with Crippen LogP contribution in [0.5, 0.6) is 0 Å². The summed E-state index contributed by atoms with van der Waals surface area (Å²) in [6.07, 6.45) is 5.80. The molecule has 1 aliphatic heterocycles. The second kappa shape index (κ2) is 4.63. The zero-order valence-electron chi connectivity index (χ0n) is 11.2. The summed E-state index contributed by atoms with van der Waals surface area (Å²) in [6.45, 7) is 7.79. The Labute approximate surface area is 103 Å². The van der Waals surface area contributed by atoms with Crippen molar-refractivity contribution < 1.29 is 14.7 Å². The third-order valence-corrected chi connectivity index (χ3v) is 2.93. The first-order valence-electron chi connectivity index (χ1n) is 5.66. The number of hydrogen-bond acceptors (Lipinski definition) is 4. The van der Waals surface area contributed by atoms with E-state index in [2.05, 4.69) is 4.74 Å². The molecule has 1 rings (SSSR count). The van der Waals surface area contributed by atoms with Crippen molar-refractivity contribution in [2.75, 3.05) is 7.11 Å². The van der Waals surface area contributed by atoms with Gasteiger partial charge in [0.25, 0.3) is 0 Å². The summed E-state index contributed by atoms with van der Waals surface area (Å²) >= 11 is 0. The zero-order chi connectivity index (χ0) is 13.3. The van der Waals surface area contributed by atoms with E-state index in [1.165, 1.54) is 18.2 Å². The van der Waals surface area contributed by atoms with Crippen molar-refractivity contribution in [3.63, 3.8) is 0 Å². The maximum atomic E-state index is 11.0. The van der Waals surface area contributed by atoms with Gasteiger partial charge in [-0.25, -0.2) is 4.79 Å². The smallest absolute Gasteiger partial charge is 0.330 e. The molecule has 0 amide bonds. The van der Waals surface area contributed by atoms with Crippen LogP contribution in [0.4, 0.5) is 0 Å². The molecule has 0 saturated heterocycles. The van der Waals surface area contributed by atoms with Crippen molar-refractivity contribution in [3.8, 4) is 0 Å². The topological polar surface area (TPSA) is 49.8 Å². The largest absolute Gasteiger partial charge is 0.466 e. The van der Waals surface area contributed by atoms with Gasteiger partial charge in [0.2, 0.25) is 0 Å². The molecule has 0 spiro atoms. The lowest BCUT2D eigenvalue weighted by atomic mass is 9.83. The molecule has 4 heteroatoms. The summed E-state index contributed by atoms with van der Waals surface area (Å²) in [4.78, 5) is 11.0. The molecule has 0 unspecified atom stereocenters. The maximum Gasteiger partial charge on any atom is 0.330 e. The van der Waals surface area contributed by atoms with Crippen LogP contribution in [0, 0.1) is 0 Å². The van der Waals surface area contributed by atoms with Gasteiger partial charge in [0, 0.05) is 11.6 Å². The quantitative estimate of drug-likeness (QED) is 0.593. The third kappa shape index (κ3) is 3.17. The van der Waals surface area contributed by atoms with E-state index in [4.69, 9.17) is 0 Å². The third-order valence-electron chi connectivity index (χ3n) is 2.93. The van der Waals surface area contributed by atoms with Crippen LogP contribution < -0.4 is 0 Å². The molecule has 1 heterocycles. The Balaban J connectivity index is 2.95.